The van der Waals surface area contributed by atoms with Crippen LogP contribution in [-0.4, -0.2) is 21.0 Å². The van der Waals surface area contributed by atoms with Crippen molar-refractivity contribution in [3.05, 3.63) is 83.6 Å². The SMILES string of the molecule is Cc1ccc(C)c(CC(=O)Nc2onc(-c3ccc(F)cc3)c2-c2ccncn2)c1. The van der Waals surface area contributed by atoms with Gasteiger partial charge in [0, 0.05) is 11.8 Å². The summed E-state index contributed by atoms with van der Waals surface area (Å²) in [5, 5.41) is 6.91. The molecule has 30 heavy (non-hydrogen) atoms. The van der Waals surface area contributed by atoms with E-state index in [2.05, 4.69) is 20.4 Å². The van der Waals surface area contributed by atoms with Gasteiger partial charge in [-0.3, -0.25) is 10.1 Å². The second kappa shape index (κ2) is 8.24. The van der Waals surface area contributed by atoms with Gasteiger partial charge in [-0.15, -0.1) is 0 Å². The average molecular weight is 402 g/mol. The standard InChI is InChI=1S/C23H19FN4O2/c1-14-3-4-15(2)17(11-14)12-20(29)27-23-21(19-9-10-25-13-26-19)22(28-30-23)16-5-7-18(24)8-6-16/h3-11,13H,12H2,1-2H3,(H,27,29). The van der Waals surface area contributed by atoms with Gasteiger partial charge in [0.15, 0.2) is 0 Å². The summed E-state index contributed by atoms with van der Waals surface area (Å²) in [5.74, 6) is -0.406. The summed E-state index contributed by atoms with van der Waals surface area (Å²) >= 11 is 0. The first-order valence-corrected chi connectivity index (χ1v) is 9.39. The Balaban J connectivity index is 1.68. The minimum absolute atomic E-state index is 0.184. The normalized spacial score (nSPS) is 10.8. The Morgan fingerprint density at radius 1 is 1.10 bits per heavy atom. The molecule has 4 rings (SSSR count). The van der Waals surface area contributed by atoms with Crippen LogP contribution in [0.15, 0.2) is 65.6 Å². The number of aryl methyl sites for hydroxylation is 2. The first-order valence-electron chi connectivity index (χ1n) is 9.39. The number of carbonyl (C=O) groups excluding carboxylic acids is 1. The van der Waals surface area contributed by atoms with Crippen LogP contribution in [0.5, 0.6) is 0 Å². The van der Waals surface area contributed by atoms with Crippen molar-refractivity contribution in [2.45, 2.75) is 20.3 Å². The lowest BCUT2D eigenvalue weighted by molar-refractivity contribution is -0.115. The lowest BCUT2D eigenvalue weighted by Crippen LogP contribution is -2.15. The van der Waals surface area contributed by atoms with Crippen LogP contribution in [0.2, 0.25) is 0 Å². The van der Waals surface area contributed by atoms with E-state index >= 15 is 0 Å². The molecule has 2 aromatic carbocycles. The topological polar surface area (TPSA) is 80.9 Å². The second-order valence-electron chi connectivity index (χ2n) is 6.99. The lowest BCUT2D eigenvalue weighted by Gasteiger charge is -2.08. The van der Waals surface area contributed by atoms with Gasteiger partial charge < -0.3 is 4.52 Å². The monoisotopic (exact) mass is 402 g/mol. The third kappa shape index (κ3) is 4.10. The summed E-state index contributed by atoms with van der Waals surface area (Å²) in [6.45, 7) is 3.95. The highest BCUT2D eigenvalue weighted by Crippen LogP contribution is 2.36. The Hall–Kier alpha value is -3.87. The number of nitrogens with zero attached hydrogens (tertiary/aromatic N) is 3. The molecule has 150 valence electrons. The van der Waals surface area contributed by atoms with E-state index in [9.17, 15) is 9.18 Å². The number of rotatable bonds is 5. The van der Waals surface area contributed by atoms with Crippen LogP contribution in [-0.2, 0) is 11.2 Å². The molecule has 0 aliphatic carbocycles. The van der Waals surface area contributed by atoms with E-state index < -0.39 is 0 Å². The van der Waals surface area contributed by atoms with Crippen molar-refractivity contribution in [3.8, 4) is 22.5 Å². The molecule has 0 aliphatic rings. The van der Waals surface area contributed by atoms with Gasteiger partial charge in [-0.2, -0.15) is 0 Å². The predicted octanol–water partition coefficient (Wildman–Crippen LogP) is 4.74. The summed E-state index contributed by atoms with van der Waals surface area (Å²) in [6.07, 6.45) is 3.19. The van der Waals surface area contributed by atoms with Crippen LogP contribution >= 0.6 is 0 Å². The van der Waals surface area contributed by atoms with Gasteiger partial charge in [0.25, 0.3) is 0 Å². The number of amides is 1. The lowest BCUT2D eigenvalue weighted by atomic mass is 10.0. The first-order chi connectivity index (χ1) is 14.5. The van der Waals surface area contributed by atoms with Gasteiger partial charge in [0.1, 0.15) is 17.8 Å². The molecule has 0 unspecified atom stereocenters. The number of halogens is 1. The van der Waals surface area contributed by atoms with Gasteiger partial charge in [-0.05, 0) is 55.3 Å². The van der Waals surface area contributed by atoms with E-state index in [0.717, 1.165) is 16.7 Å². The molecular formula is C23H19FN4O2. The quantitative estimate of drug-likeness (QED) is 0.522. The molecule has 0 atom stereocenters. The zero-order valence-corrected chi connectivity index (χ0v) is 16.5. The number of hydrogen-bond acceptors (Lipinski definition) is 5. The van der Waals surface area contributed by atoms with Crippen molar-refractivity contribution >= 4 is 11.8 Å². The molecule has 0 fully saturated rings. The maximum absolute atomic E-state index is 13.3. The van der Waals surface area contributed by atoms with E-state index in [4.69, 9.17) is 4.52 Å². The Morgan fingerprint density at radius 3 is 2.63 bits per heavy atom. The fourth-order valence-electron chi connectivity index (χ4n) is 3.19. The second-order valence-corrected chi connectivity index (χ2v) is 6.99. The molecule has 2 heterocycles. The molecular weight excluding hydrogens is 383 g/mol. The van der Waals surface area contributed by atoms with Gasteiger partial charge in [-0.1, -0.05) is 28.9 Å². The van der Waals surface area contributed by atoms with Crippen LogP contribution < -0.4 is 5.32 Å². The van der Waals surface area contributed by atoms with Gasteiger partial charge in [0.05, 0.1) is 17.7 Å². The van der Waals surface area contributed by atoms with Crippen molar-refractivity contribution in [1.29, 1.82) is 0 Å². The third-order valence-corrected chi connectivity index (χ3v) is 4.76. The highest BCUT2D eigenvalue weighted by atomic mass is 19.1. The fourth-order valence-corrected chi connectivity index (χ4v) is 3.19. The molecule has 4 aromatic rings. The number of benzene rings is 2. The highest BCUT2D eigenvalue weighted by Gasteiger charge is 2.22. The summed E-state index contributed by atoms with van der Waals surface area (Å²) in [7, 11) is 0. The van der Waals surface area contributed by atoms with Crippen LogP contribution in [0.1, 0.15) is 16.7 Å². The molecule has 0 bridgehead atoms. The summed E-state index contributed by atoms with van der Waals surface area (Å²) < 4.78 is 18.8. The smallest absolute Gasteiger partial charge is 0.241 e. The van der Waals surface area contributed by atoms with Crippen LogP contribution in [0, 0.1) is 19.7 Å². The molecule has 1 N–H and O–H groups in total. The van der Waals surface area contributed by atoms with Gasteiger partial charge in [0.2, 0.25) is 11.8 Å². The number of carbonyl (C=O) groups is 1. The van der Waals surface area contributed by atoms with Crippen molar-refractivity contribution in [1.82, 2.24) is 15.1 Å². The number of hydrogen-bond donors (Lipinski definition) is 1. The van der Waals surface area contributed by atoms with Crippen molar-refractivity contribution < 1.29 is 13.7 Å². The zero-order valence-electron chi connectivity index (χ0n) is 16.5. The number of anilines is 1. The van der Waals surface area contributed by atoms with Gasteiger partial charge in [-0.25, -0.2) is 14.4 Å². The van der Waals surface area contributed by atoms with E-state index in [1.807, 2.05) is 32.0 Å². The Bertz CT molecular complexity index is 1190. The molecule has 0 aliphatic heterocycles. The summed E-state index contributed by atoms with van der Waals surface area (Å²) in [5.41, 5.74) is 5.21. The Morgan fingerprint density at radius 2 is 1.90 bits per heavy atom. The molecule has 0 spiro atoms. The van der Waals surface area contributed by atoms with E-state index in [-0.39, 0.29) is 24.0 Å². The van der Waals surface area contributed by atoms with Crippen LogP contribution in [0.3, 0.4) is 0 Å². The minimum Gasteiger partial charge on any atom is -0.337 e. The van der Waals surface area contributed by atoms with Crippen molar-refractivity contribution in [2.24, 2.45) is 0 Å². The fraction of sp³-hybridized carbons (Fsp3) is 0.130. The first kappa shape index (κ1) is 19.4. The van der Waals surface area contributed by atoms with E-state index in [0.29, 0.717) is 22.5 Å². The van der Waals surface area contributed by atoms with E-state index in [1.165, 1.54) is 18.5 Å². The summed E-state index contributed by atoms with van der Waals surface area (Å²) in [6, 6.07) is 13.6. The van der Waals surface area contributed by atoms with Crippen LogP contribution in [0.4, 0.5) is 10.3 Å². The summed E-state index contributed by atoms with van der Waals surface area (Å²) in [4.78, 5) is 20.9. The predicted molar refractivity (Wildman–Crippen MR) is 111 cm³/mol. The van der Waals surface area contributed by atoms with Gasteiger partial charge >= 0.3 is 0 Å². The molecule has 0 saturated heterocycles. The molecule has 6 nitrogen and oxygen atoms in total. The number of aromatic nitrogens is 3. The maximum Gasteiger partial charge on any atom is 0.241 e. The maximum atomic E-state index is 13.3. The van der Waals surface area contributed by atoms with E-state index in [1.54, 1.807) is 24.4 Å². The van der Waals surface area contributed by atoms with Crippen molar-refractivity contribution in [3.63, 3.8) is 0 Å². The minimum atomic E-state index is -0.354. The Kier molecular flexibility index (Phi) is 5.34. The molecule has 0 radical (unpaired) electrons. The Labute approximate surface area is 172 Å². The zero-order chi connectivity index (χ0) is 21.1. The molecule has 1 amide bonds. The number of nitrogens with one attached hydrogen (secondary N) is 1. The molecule has 7 heteroatoms. The highest BCUT2D eigenvalue weighted by molar-refractivity contribution is 5.97. The average Bonchev–Trinajstić information content (AvgIpc) is 3.15. The molecule has 2 aromatic heterocycles. The molecule has 0 saturated carbocycles. The third-order valence-electron chi connectivity index (χ3n) is 4.76. The van der Waals surface area contributed by atoms with Crippen molar-refractivity contribution in [2.75, 3.05) is 5.32 Å². The largest absolute Gasteiger partial charge is 0.337 e. The van der Waals surface area contributed by atoms with Crippen LogP contribution in [0.25, 0.3) is 22.5 Å².